The fraction of sp³-hybridized carbons (Fsp3) is 0.429. The molecule has 3 rings (SSSR count). The summed E-state index contributed by atoms with van der Waals surface area (Å²) in [7, 11) is 3.94. The van der Waals surface area contributed by atoms with E-state index in [0.717, 1.165) is 11.1 Å². The topological polar surface area (TPSA) is 81.0 Å². The van der Waals surface area contributed by atoms with E-state index in [0.29, 0.717) is 43.4 Å². The van der Waals surface area contributed by atoms with E-state index in [1.165, 1.54) is 12.3 Å². The summed E-state index contributed by atoms with van der Waals surface area (Å²) in [6.45, 7) is 5.56. The van der Waals surface area contributed by atoms with Crippen LogP contribution in [0.2, 0.25) is 0 Å². The van der Waals surface area contributed by atoms with Crippen LogP contribution >= 0.6 is 0 Å². The minimum Gasteiger partial charge on any atom is -0.490 e. The van der Waals surface area contributed by atoms with Gasteiger partial charge in [0, 0.05) is 24.4 Å². The zero-order valence-electron chi connectivity index (χ0n) is 16.7. The first-order chi connectivity index (χ1) is 13.3. The first-order valence-electron chi connectivity index (χ1n) is 9.42. The van der Waals surface area contributed by atoms with Crippen molar-refractivity contribution in [2.24, 2.45) is 0 Å². The number of carbonyl (C=O) groups is 1. The number of pyridine rings is 1. The Morgan fingerprint density at radius 3 is 2.39 bits per heavy atom. The van der Waals surface area contributed by atoms with Gasteiger partial charge in [0.2, 0.25) is 0 Å². The molecule has 1 aromatic heterocycles. The van der Waals surface area contributed by atoms with E-state index in [4.69, 9.17) is 9.47 Å². The van der Waals surface area contributed by atoms with Crippen LogP contribution in [0, 0.1) is 0 Å². The number of aromatic nitrogens is 1. The van der Waals surface area contributed by atoms with Crippen molar-refractivity contribution in [2.75, 3.05) is 33.9 Å². The summed E-state index contributed by atoms with van der Waals surface area (Å²) in [5.74, 6) is 0.0940. The Morgan fingerprint density at radius 2 is 1.82 bits per heavy atom. The summed E-state index contributed by atoms with van der Waals surface area (Å²) in [5, 5.41) is 9.38. The number of benzene rings is 1. The number of ether oxygens (including phenoxy) is 2. The fourth-order valence-electron chi connectivity index (χ4n) is 3.70. The van der Waals surface area contributed by atoms with E-state index in [1.807, 2.05) is 44.6 Å². The van der Waals surface area contributed by atoms with Gasteiger partial charge in [-0.1, -0.05) is 0 Å². The van der Waals surface area contributed by atoms with Crippen LogP contribution in [0.4, 0.5) is 0 Å². The van der Waals surface area contributed by atoms with Gasteiger partial charge in [-0.15, -0.1) is 0 Å². The molecule has 1 N–H and O–H groups in total. The first kappa shape index (κ1) is 19.9. The average molecular weight is 386 g/mol. The summed E-state index contributed by atoms with van der Waals surface area (Å²) in [5.41, 5.74) is 1.92. The molecule has 0 bridgehead atoms. The Labute approximate surface area is 164 Å². The van der Waals surface area contributed by atoms with Gasteiger partial charge in [-0.25, -0.2) is 4.79 Å². The highest BCUT2D eigenvalue weighted by atomic mass is 16.5. The third-order valence-electron chi connectivity index (χ3n) is 4.78. The van der Waals surface area contributed by atoms with Gasteiger partial charge in [0.25, 0.3) is 0 Å². The van der Waals surface area contributed by atoms with Gasteiger partial charge in [-0.2, -0.15) is 0 Å². The number of fused-ring (bicyclic) bond motifs is 3. The normalized spacial score (nSPS) is 15.1. The molecule has 0 fully saturated rings. The average Bonchev–Trinajstić information content (AvgIpc) is 2.62. The van der Waals surface area contributed by atoms with Crippen molar-refractivity contribution in [3.63, 3.8) is 0 Å². The highest BCUT2D eigenvalue weighted by molar-refractivity contribution is 5.87. The molecule has 28 heavy (non-hydrogen) atoms. The number of aromatic carboxylic acids is 1. The molecule has 1 aliphatic rings. The number of hydrogen-bond donors (Lipinski definition) is 1. The predicted octanol–water partition coefficient (Wildman–Crippen LogP) is 2.67. The Bertz CT molecular complexity index is 949. The summed E-state index contributed by atoms with van der Waals surface area (Å²) >= 11 is 0. The van der Waals surface area contributed by atoms with Crippen LogP contribution in [-0.2, 0) is 6.42 Å². The number of nitrogens with zero attached hydrogens (tertiary/aromatic N) is 2. The number of carboxylic acids is 1. The van der Waals surface area contributed by atoms with Gasteiger partial charge < -0.3 is 24.0 Å². The molecule has 0 saturated heterocycles. The molecule has 0 spiro atoms. The van der Waals surface area contributed by atoms with Gasteiger partial charge in [-0.05, 0) is 52.1 Å². The van der Waals surface area contributed by atoms with Crippen LogP contribution < -0.4 is 14.9 Å². The Hall–Kier alpha value is -2.80. The Balaban J connectivity index is 2.23. The molecule has 2 aromatic rings. The van der Waals surface area contributed by atoms with Gasteiger partial charge in [-0.3, -0.25) is 4.79 Å². The second kappa shape index (κ2) is 8.06. The molecule has 0 amide bonds. The third kappa shape index (κ3) is 3.75. The van der Waals surface area contributed by atoms with Crippen LogP contribution in [0.15, 0.2) is 29.2 Å². The summed E-state index contributed by atoms with van der Waals surface area (Å²) in [6.07, 6.45) is 2.17. The quantitative estimate of drug-likeness (QED) is 0.788. The molecule has 7 nitrogen and oxygen atoms in total. The Kier molecular flexibility index (Phi) is 5.74. The smallest absolute Gasteiger partial charge is 0.341 e. The monoisotopic (exact) mass is 386 g/mol. The minimum absolute atomic E-state index is 0.00335. The lowest BCUT2D eigenvalue weighted by molar-refractivity contribution is 0.0694. The zero-order chi connectivity index (χ0) is 20.4. The standard InChI is InChI=1S/C21H26N2O5/c1-5-27-19-8-13-7-14(11-22(3)4)23-12-16(21(25)26)18(24)10-17(23)15(13)9-20(19)28-6-2/h8-10,12,14H,5-7,11H2,1-4H3,(H,25,26). The van der Waals surface area contributed by atoms with E-state index in [1.54, 1.807) is 0 Å². The van der Waals surface area contributed by atoms with Crippen molar-refractivity contribution in [1.82, 2.24) is 9.47 Å². The highest BCUT2D eigenvalue weighted by Gasteiger charge is 2.28. The fourth-order valence-corrected chi connectivity index (χ4v) is 3.70. The molecule has 0 aliphatic carbocycles. The van der Waals surface area contributed by atoms with Crippen molar-refractivity contribution in [3.8, 4) is 22.8 Å². The van der Waals surface area contributed by atoms with Crippen molar-refractivity contribution >= 4 is 5.97 Å². The summed E-state index contributed by atoms with van der Waals surface area (Å²) in [4.78, 5) is 25.9. The largest absolute Gasteiger partial charge is 0.490 e. The summed E-state index contributed by atoms with van der Waals surface area (Å²) in [6, 6.07) is 5.29. The SMILES string of the molecule is CCOc1cc2c(cc1OCC)-c1cc(=O)c(C(=O)O)cn1C(CN(C)C)C2. The molecule has 1 aromatic carbocycles. The van der Waals surface area contributed by atoms with Crippen LogP contribution in [0.5, 0.6) is 11.5 Å². The number of carboxylic acid groups (broad SMARTS) is 1. The number of rotatable bonds is 7. The zero-order valence-corrected chi connectivity index (χ0v) is 16.7. The maximum Gasteiger partial charge on any atom is 0.341 e. The van der Waals surface area contributed by atoms with E-state index in [2.05, 4.69) is 4.90 Å². The molecule has 1 unspecified atom stereocenters. The molecule has 1 atom stereocenters. The van der Waals surface area contributed by atoms with Crippen LogP contribution in [-0.4, -0.2) is 54.4 Å². The van der Waals surface area contributed by atoms with Gasteiger partial charge in [0.05, 0.1) is 24.9 Å². The molecule has 2 heterocycles. The maximum atomic E-state index is 12.4. The van der Waals surface area contributed by atoms with Crippen LogP contribution in [0.1, 0.15) is 35.8 Å². The third-order valence-corrected chi connectivity index (χ3v) is 4.78. The lowest BCUT2D eigenvalue weighted by atomic mass is 9.91. The second-order valence-corrected chi connectivity index (χ2v) is 7.09. The molecule has 0 radical (unpaired) electrons. The van der Waals surface area contributed by atoms with Gasteiger partial charge in [0.1, 0.15) is 5.56 Å². The van der Waals surface area contributed by atoms with Crippen molar-refractivity contribution < 1.29 is 19.4 Å². The minimum atomic E-state index is -1.21. The second-order valence-electron chi connectivity index (χ2n) is 7.09. The number of likely N-dealkylation sites (N-methyl/N-ethyl adjacent to an activating group) is 1. The van der Waals surface area contributed by atoms with Crippen LogP contribution in [0.3, 0.4) is 0 Å². The summed E-state index contributed by atoms with van der Waals surface area (Å²) < 4.78 is 13.4. The molecule has 1 aliphatic heterocycles. The first-order valence-corrected chi connectivity index (χ1v) is 9.42. The maximum absolute atomic E-state index is 12.4. The van der Waals surface area contributed by atoms with E-state index < -0.39 is 11.4 Å². The van der Waals surface area contributed by atoms with Gasteiger partial charge in [0.15, 0.2) is 16.9 Å². The van der Waals surface area contributed by atoms with Crippen LogP contribution in [0.25, 0.3) is 11.3 Å². The van der Waals surface area contributed by atoms with Crippen molar-refractivity contribution in [1.29, 1.82) is 0 Å². The van der Waals surface area contributed by atoms with E-state index in [9.17, 15) is 14.7 Å². The molecular formula is C21H26N2O5. The van der Waals surface area contributed by atoms with Gasteiger partial charge >= 0.3 is 5.97 Å². The molecular weight excluding hydrogens is 360 g/mol. The molecule has 7 heteroatoms. The van der Waals surface area contributed by atoms with E-state index >= 15 is 0 Å². The predicted molar refractivity (Wildman–Crippen MR) is 107 cm³/mol. The lowest BCUT2D eigenvalue weighted by Gasteiger charge is -2.33. The van der Waals surface area contributed by atoms with Crippen molar-refractivity contribution in [2.45, 2.75) is 26.3 Å². The number of hydrogen-bond acceptors (Lipinski definition) is 5. The van der Waals surface area contributed by atoms with E-state index in [-0.39, 0.29) is 11.6 Å². The lowest BCUT2D eigenvalue weighted by Crippen LogP contribution is -2.31. The molecule has 0 saturated carbocycles. The molecule has 150 valence electrons. The Morgan fingerprint density at radius 1 is 1.18 bits per heavy atom. The van der Waals surface area contributed by atoms with Crippen molar-refractivity contribution in [3.05, 3.63) is 45.7 Å². The highest BCUT2D eigenvalue weighted by Crippen LogP contribution is 2.41.